The smallest absolute Gasteiger partial charge is 0.154 e. The molecule has 3 nitrogen and oxygen atoms in total. The monoisotopic (exact) mass is 264 g/mol. The molecule has 0 fully saturated rings. The second-order valence-corrected chi connectivity index (χ2v) is 4.01. The Hall–Kier alpha value is -1.42. The third kappa shape index (κ3) is 1.85. The summed E-state index contributed by atoms with van der Waals surface area (Å²) < 4.78 is 2.37. The van der Waals surface area contributed by atoms with E-state index in [-0.39, 0.29) is 0 Å². The molecule has 15 heavy (non-hydrogen) atoms. The van der Waals surface area contributed by atoms with E-state index in [1.54, 1.807) is 10.9 Å². The Morgan fingerprint density at radius 3 is 2.87 bits per heavy atom. The zero-order valence-corrected chi connectivity index (χ0v) is 9.73. The van der Waals surface area contributed by atoms with Gasteiger partial charge in [-0.15, -0.1) is 0 Å². The largest absolute Gasteiger partial charge is 0.298 e. The maximum Gasteiger partial charge on any atom is 0.154 e. The molecule has 0 bridgehead atoms. The zero-order chi connectivity index (χ0) is 10.8. The van der Waals surface area contributed by atoms with Crippen molar-refractivity contribution in [1.82, 2.24) is 9.78 Å². The van der Waals surface area contributed by atoms with Gasteiger partial charge in [-0.1, -0.05) is 12.1 Å². The van der Waals surface area contributed by atoms with E-state index in [9.17, 15) is 4.79 Å². The van der Waals surface area contributed by atoms with E-state index in [1.165, 1.54) is 0 Å². The quantitative estimate of drug-likeness (QED) is 0.782. The van der Waals surface area contributed by atoms with E-state index in [1.807, 2.05) is 31.2 Å². The molecule has 0 saturated carbocycles. The molecule has 1 aromatic carbocycles. The van der Waals surface area contributed by atoms with Crippen molar-refractivity contribution in [3.05, 3.63) is 46.2 Å². The Kier molecular flexibility index (Phi) is 2.68. The fourth-order valence-corrected chi connectivity index (χ4v) is 1.86. The van der Waals surface area contributed by atoms with Crippen LogP contribution in [0.4, 0.5) is 0 Å². The first-order valence-electron chi connectivity index (χ1n) is 4.48. The van der Waals surface area contributed by atoms with Gasteiger partial charge in [0.2, 0.25) is 0 Å². The molecule has 0 aliphatic carbocycles. The van der Waals surface area contributed by atoms with Crippen molar-refractivity contribution in [2.24, 2.45) is 0 Å². The maximum absolute atomic E-state index is 10.7. The first kappa shape index (κ1) is 10.1. The number of carbonyl (C=O) groups excluding carboxylic acids is 1. The standard InChI is InChI=1S/C11H9BrN2O/c1-8-3-2-4-10(5-8)14-11(12)9(7-15)6-13-14/h2-7H,1H3. The molecule has 2 rings (SSSR count). The van der Waals surface area contributed by atoms with Crippen LogP contribution in [0.15, 0.2) is 35.1 Å². The Morgan fingerprint density at radius 1 is 1.47 bits per heavy atom. The lowest BCUT2D eigenvalue weighted by Crippen LogP contribution is -1.96. The molecule has 0 atom stereocenters. The van der Waals surface area contributed by atoms with Crippen LogP contribution in [0.3, 0.4) is 0 Å². The molecule has 0 unspecified atom stereocenters. The predicted octanol–water partition coefficient (Wildman–Crippen LogP) is 2.76. The molecule has 0 radical (unpaired) electrons. The lowest BCUT2D eigenvalue weighted by atomic mass is 10.2. The summed E-state index contributed by atoms with van der Waals surface area (Å²) in [6, 6.07) is 7.92. The highest BCUT2D eigenvalue weighted by atomic mass is 79.9. The minimum Gasteiger partial charge on any atom is -0.298 e. The van der Waals surface area contributed by atoms with Crippen LogP contribution in [-0.2, 0) is 0 Å². The zero-order valence-electron chi connectivity index (χ0n) is 8.14. The Morgan fingerprint density at radius 2 is 2.27 bits per heavy atom. The molecule has 0 aliphatic heterocycles. The van der Waals surface area contributed by atoms with Crippen LogP contribution >= 0.6 is 15.9 Å². The van der Waals surface area contributed by atoms with Crippen LogP contribution in [0.25, 0.3) is 5.69 Å². The summed E-state index contributed by atoms with van der Waals surface area (Å²) in [4.78, 5) is 10.7. The molecule has 76 valence electrons. The minimum absolute atomic E-state index is 0.552. The molecule has 0 aliphatic rings. The molecule has 1 heterocycles. The average Bonchev–Trinajstić information content (AvgIpc) is 2.59. The molecular weight excluding hydrogens is 256 g/mol. The third-order valence-corrected chi connectivity index (χ3v) is 2.90. The van der Waals surface area contributed by atoms with Gasteiger partial charge in [0.15, 0.2) is 6.29 Å². The van der Waals surface area contributed by atoms with Crippen LogP contribution in [0.2, 0.25) is 0 Å². The Bertz CT molecular complexity index is 505. The molecule has 4 heteroatoms. The first-order valence-corrected chi connectivity index (χ1v) is 5.27. The first-order chi connectivity index (χ1) is 7.22. The lowest BCUT2D eigenvalue weighted by Gasteiger charge is -2.03. The van der Waals surface area contributed by atoms with Crippen molar-refractivity contribution in [3.8, 4) is 5.69 Å². The van der Waals surface area contributed by atoms with Gasteiger partial charge in [0.1, 0.15) is 4.60 Å². The number of carbonyl (C=O) groups is 1. The molecule has 2 aromatic rings. The van der Waals surface area contributed by atoms with Gasteiger partial charge in [0, 0.05) is 0 Å². The van der Waals surface area contributed by atoms with Gasteiger partial charge in [-0.2, -0.15) is 5.10 Å². The van der Waals surface area contributed by atoms with Gasteiger partial charge >= 0.3 is 0 Å². The number of hydrogen-bond acceptors (Lipinski definition) is 2. The summed E-state index contributed by atoms with van der Waals surface area (Å²) in [5, 5.41) is 4.14. The topological polar surface area (TPSA) is 34.9 Å². The molecule has 0 spiro atoms. The minimum atomic E-state index is 0.552. The van der Waals surface area contributed by atoms with Gasteiger partial charge in [0.05, 0.1) is 17.4 Å². The summed E-state index contributed by atoms with van der Waals surface area (Å²) >= 11 is 3.34. The molecule has 0 N–H and O–H groups in total. The third-order valence-electron chi connectivity index (χ3n) is 2.11. The molecular formula is C11H9BrN2O. The van der Waals surface area contributed by atoms with Gasteiger partial charge < -0.3 is 0 Å². The fraction of sp³-hybridized carbons (Fsp3) is 0.0909. The number of nitrogens with zero attached hydrogens (tertiary/aromatic N) is 2. The van der Waals surface area contributed by atoms with Crippen LogP contribution in [-0.4, -0.2) is 16.1 Å². The van der Waals surface area contributed by atoms with Crippen LogP contribution in [0.5, 0.6) is 0 Å². The van der Waals surface area contributed by atoms with Gasteiger partial charge in [0.25, 0.3) is 0 Å². The van der Waals surface area contributed by atoms with E-state index >= 15 is 0 Å². The summed E-state index contributed by atoms with van der Waals surface area (Å²) in [6.45, 7) is 2.02. The maximum atomic E-state index is 10.7. The number of benzene rings is 1. The van der Waals surface area contributed by atoms with Crippen molar-refractivity contribution in [3.63, 3.8) is 0 Å². The summed E-state index contributed by atoms with van der Waals surface area (Å²) in [7, 11) is 0. The van der Waals surface area contributed by atoms with Gasteiger partial charge in [-0.05, 0) is 40.5 Å². The molecule has 0 saturated heterocycles. The van der Waals surface area contributed by atoms with Crippen molar-refractivity contribution >= 4 is 22.2 Å². The van der Waals surface area contributed by atoms with Crippen LogP contribution in [0.1, 0.15) is 15.9 Å². The average molecular weight is 265 g/mol. The number of hydrogen-bond donors (Lipinski definition) is 0. The number of halogens is 1. The summed E-state index contributed by atoms with van der Waals surface area (Å²) in [5.41, 5.74) is 2.65. The SMILES string of the molecule is Cc1cccc(-n2ncc(C=O)c2Br)c1. The van der Waals surface area contributed by atoms with E-state index < -0.39 is 0 Å². The second kappa shape index (κ2) is 3.98. The molecule has 0 amide bonds. The van der Waals surface area contributed by atoms with E-state index in [0.717, 1.165) is 17.5 Å². The highest BCUT2D eigenvalue weighted by Gasteiger charge is 2.08. The van der Waals surface area contributed by atoms with Crippen molar-refractivity contribution in [2.45, 2.75) is 6.92 Å². The lowest BCUT2D eigenvalue weighted by molar-refractivity contribution is 0.112. The van der Waals surface area contributed by atoms with Crippen molar-refractivity contribution in [2.75, 3.05) is 0 Å². The second-order valence-electron chi connectivity index (χ2n) is 3.26. The summed E-state index contributed by atoms with van der Waals surface area (Å²) in [6.07, 6.45) is 2.32. The highest BCUT2D eigenvalue weighted by molar-refractivity contribution is 9.10. The predicted molar refractivity (Wildman–Crippen MR) is 61.4 cm³/mol. The summed E-state index contributed by atoms with van der Waals surface area (Å²) in [5.74, 6) is 0. The normalized spacial score (nSPS) is 10.3. The fourth-order valence-electron chi connectivity index (χ4n) is 1.36. The van der Waals surface area contributed by atoms with Gasteiger partial charge in [-0.3, -0.25) is 4.79 Å². The van der Waals surface area contributed by atoms with E-state index in [4.69, 9.17) is 0 Å². The van der Waals surface area contributed by atoms with E-state index in [0.29, 0.717) is 10.2 Å². The van der Waals surface area contributed by atoms with E-state index in [2.05, 4.69) is 21.0 Å². The van der Waals surface area contributed by atoms with Crippen molar-refractivity contribution < 1.29 is 4.79 Å². The van der Waals surface area contributed by atoms with Gasteiger partial charge in [-0.25, -0.2) is 4.68 Å². The Labute approximate surface area is 95.9 Å². The highest BCUT2D eigenvalue weighted by Crippen LogP contribution is 2.19. The van der Waals surface area contributed by atoms with Crippen LogP contribution < -0.4 is 0 Å². The number of aryl methyl sites for hydroxylation is 1. The number of aldehydes is 1. The number of rotatable bonds is 2. The van der Waals surface area contributed by atoms with Crippen LogP contribution in [0, 0.1) is 6.92 Å². The Balaban J connectivity index is 2.54. The van der Waals surface area contributed by atoms with Crippen molar-refractivity contribution in [1.29, 1.82) is 0 Å². The number of aromatic nitrogens is 2. The molecule has 1 aromatic heterocycles.